The van der Waals surface area contributed by atoms with E-state index < -0.39 is 43.4 Å². The monoisotopic (exact) mass is 472 g/mol. The van der Waals surface area contributed by atoms with E-state index in [-0.39, 0.29) is 5.75 Å². The minimum absolute atomic E-state index is 0.0299. The Hall–Kier alpha value is -3.43. The van der Waals surface area contributed by atoms with Gasteiger partial charge in [0.2, 0.25) is 0 Å². The van der Waals surface area contributed by atoms with Gasteiger partial charge in [-0.05, 0) is 18.2 Å². The summed E-state index contributed by atoms with van der Waals surface area (Å²) in [6.07, 6.45) is -1.27. The summed E-state index contributed by atoms with van der Waals surface area (Å²) in [4.78, 5) is 10.8. The maximum atomic E-state index is 14.0. The van der Waals surface area contributed by atoms with Crippen molar-refractivity contribution in [3.05, 3.63) is 67.3 Å². The lowest BCUT2D eigenvalue weighted by Gasteiger charge is -2.32. The van der Waals surface area contributed by atoms with Gasteiger partial charge in [-0.3, -0.25) is 0 Å². The number of furan rings is 1. The number of hydrogen-bond acceptors (Lipinski definition) is 4. The molecule has 0 unspecified atom stereocenters. The van der Waals surface area contributed by atoms with Crippen molar-refractivity contribution in [2.24, 2.45) is 0 Å². The van der Waals surface area contributed by atoms with E-state index in [9.17, 15) is 31.1 Å². The van der Waals surface area contributed by atoms with Crippen LogP contribution in [0.4, 0.5) is 26.3 Å². The summed E-state index contributed by atoms with van der Waals surface area (Å²) in [6.45, 7) is -0.306. The molecule has 176 valence electrons. The van der Waals surface area contributed by atoms with Gasteiger partial charge in [0.05, 0.1) is 13.0 Å². The van der Waals surface area contributed by atoms with E-state index in [0.717, 1.165) is 5.56 Å². The van der Waals surface area contributed by atoms with E-state index in [1.807, 2.05) is 30.3 Å². The van der Waals surface area contributed by atoms with Gasteiger partial charge in [-0.2, -0.15) is 26.3 Å². The molecule has 0 radical (unpaired) electrons. The Kier molecular flexibility index (Phi) is 6.76. The van der Waals surface area contributed by atoms with E-state index in [0.29, 0.717) is 22.8 Å². The number of carbonyl (C=O) groups excluding carboxylic acids is 1. The molecule has 0 aliphatic heterocycles. The Balaban J connectivity index is 1.65. The summed E-state index contributed by atoms with van der Waals surface area (Å²) >= 11 is 0. The average Bonchev–Trinajstić information content (AvgIpc) is 3.21. The molecule has 0 saturated carbocycles. The van der Waals surface area contributed by atoms with Crippen LogP contribution in [-0.2, 0) is 9.53 Å². The van der Waals surface area contributed by atoms with Gasteiger partial charge in [0.1, 0.15) is 17.1 Å². The molecule has 2 aromatic carbocycles. The fourth-order valence-corrected chi connectivity index (χ4v) is 2.88. The Morgan fingerprint density at radius 2 is 1.67 bits per heavy atom. The highest BCUT2D eigenvalue weighted by molar-refractivity contribution is 5.84. The molecule has 0 N–H and O–H groups in total. The molecule has 1 aromatic heterocycles. The molecule has 0 fully saturated rings. The fourth-order valence-electron chi connectivity index (χ4n) is 2.88. The van der Waals surface area contributed by atoms with Crippen molar-refractivity contribution < 1.29 is 45.0 Å². The number of halogens is 6. The van der Waals surface area contributed by atoms with E-state index in [2.05, 4.69) is 11.3 Å². The maximum absolute atomic E-state index is 14.0. The van der Waals surface area contributed by atoms with Gasteiger partial charge in [0, 0.05) is 23.1 Å². The summed E-state index contributed by atoms with van der Waals surface area (Å²) in [5, 5.41) is 0.687. The molecule has 0 aliphatic rings. The van der Waals surface area contributed by atoms with Crippen molar-refractivity contribution in [2.45, 2.75) is 24.2 Å². The second kappa shape index (κ2) is 9.21. The molecule has 33 heavy (non-hydrogen) atoms. The first kappa shape index (κ1) is 24.2. The van der Waals surface area contributed by atoms with Crippen molar-refractivity contribution in [3.8, 4) is 17.1 Å². The van der Waals surface area contributed by atoms with E-state index in [4.69, 9.17) is 9.15 Å². The molecule has 10 heteroatoms. The quantitative estimate of drug-likeness (QED) is 0.192. The van der Waals surface area contributed by atoms with Gasteiger partial charge in [-0.1, -0.05) is 36.9 Å². The van der Waals surface area contributed by atoms with Crippen molar-refractivity contribution in [2.75, 3.05) is 13.2 Å². The molecule has 0 atom stereocenters. The van der Waals surface area contributed by atoms with Gasteiger partial charge < -0.3 is 13.9 Å². The van der Waals surface area contributed by atoms with Gasteiger partial charge in [0.15, 0.2) is 6.61 Å². The van der Waals surface area contributed by atoms with Crippen molar-refractivity contribution in [1.29, 1.82) is 0 Å². The summed E-state index contributed by atoms with van der Waals surface area (Å²) in [6, 6.07) is 15.2. The lowest BCUT2D eigenvalue weighted by atomic mass is 10.0. The molecule has 0 bridgehead atoms. The van der Waals surface area contributed by atoms with Gasteiger partial charge in [0.25, 0.3) is 0 Å². The van der Waals surface area contributed by atoms with Crippen molar-refractivity contribution >= 4 is 16.9 Å². The normalized spacial score (nSPS) is 12.5. The van der Waals surface area contributed by atoms with Crippen LogP contribution in [0.15, 0.2) is 71.7 Å². The summed E-state index contributed by atoms with van der Waals surface area (Å²) in [5.74, 6) is -17.1. The van der Waals surface area contributed by atoms with Crippen LogP contribution in [-0.4, -0.2) is 37.0 Å². The maximum Gasteiger partial charge on any atom is 0.375 e. The lowest BCUT2D eigenvalue weighted by Crippen LogP contribution is -2.56. The largest absolute Gasteiger partial charge is 0.493 e. The third-order valence-corrected chi connectivity index (χ3v) is 4.72. The smallest absolute Gasteiger partial charge is 0.375 e. The number of fused-ring (bicyclic) bond motifs is 1. The van der Waals surface area contributed by atoms with E-state index in [1.165, 1.54) is 12.1 Å². The van der Waals surface area contributed by atoms with Crippen LogP contribution in [0.25, 0.3) is 22.3 Å². The number of rotatable bonds is 10. The van der Waals surface area contributed by atoms with Crippen LogP contribution in [0.3, 0.4) is 0 Å². The Bertz CT molecular complexity index is 1120. The summed E-state index contributed by atoms with van der Waals surface area (Å²) < 4.78 is 97.5. The molecule has 0 amide bonds. The first-order valence-corrected chi connectivity index (χ1v) is 9.61. The second-order valence-corrected chi connectivity index (χ2v) is 7.07. The molecule has 3 aromatic rings. The minimum atomic E-state index is -5.79. The first-order chi connectivity index (χ1) is 15.5. The molecule has 0 spiro atoms. The number of ether oxygens (including phenoxy) is 2. The molecule has 0 saturated heterocycles. The predicted octanol–water partition coefficient (Wildman–Crippen LogP) is 6.50. The fraction of sp³-hybridized carbons (Fsp3) is 0.261. The number of esters is 1. The van der Waals surface area contributed by atoms with Crippen LogP contribution in [0.1, 0.15) is 6.42 Å². The van der Waals surface area contributed by atoms with Crippen LogP contribution in [0.5, 0.6) is 5.75 Å². The van der Waals surface area contributed by atoms with Gasteiger partial charge in [-0.25, -0.2) is 4.79 Å². The Morgan fingerprint density at radius 3 is 2.33 bits per heavy atom. The Labute approximate surface area is 184 Å². The third-order valence-electron chi connectivity index (χ3n) is 4.72. The molecule has 4 nitrogen and oxygen atoms in total. The van der Waals surface area contributed by atoms with E-state index in [1.54, 1.807) is 12.1 Å². The number of alkyl halides is 6. The van der Waals surface area contributed by atoms with Crippen LogP contribution in [0, 0.1) is 0 Å². The predicted molar refractivity (Wildman–Crippen MR) is 108 cm³/mol. The van der Waals surface area contributed by atoms with Crippen molar-refractivity contribution in [3.63, 3.8) is 0 Å². The molecule has 0 aliphatic carbocycles. The average molecular weight is 472 g/mol. The molecule has 3 rings (SSSR count). The third kappa shape index (κ3) is 5.15. The molecular formula is C23H18F6O4. The van der Waals surface area contributed by atoms with Crippen LogP contribution >= 0.6 is 0 Å². The highest BCUT2D eigenvalue weighted by Crippen LogP contribution is 2.47. The Morgan fingerprint density at radius 1 is 0.970 bits per heavy atom. The van der Waals surface area contributed by atoms with E-state index >= 15 is 0 Å². The zero-order valence-corrected chi connectivity index (χ0v) is 17.0. The zero-order chi connectivity index (χ0) is 24.3. The number of benzene rings is 2. The van der Waals surface area contributed by atoms with Crippen molar-refractivity contribution in [1.82, 2.24) is 0 Å². The number of hydrogen-bond donors (Lipinski definition) is 0. The van der Waals surface area contributed by atoms with Gasteiger partial charge >= 0.3 is 23.7 Å². The molecule has 1 heterocycles. The first-order valence-electron chi connectivity index (χ1n) is 9.61. The second-order valence-electron chi connectivity index (χ2n) is 7.07. The SMILES string of the molecule is C=CC(=O)OCC(F)(F)C(F)(F)C(F)(F)CCOc1ccc2cc(-c3ccccc3)oc2c1. The summed E-state index contributed by atoms with van der Waals surface area (Å²) in [5.41, 5.74) is 1.16. The highest BCUT2D eigenvalue weighted by Gasteiger charge is 2.71. The summed E-state index contributed by atoms with van der Waals surface area (Å²) in [7, 11) is 0. The lowest BCUT2D eigenvalue weighted by molar-refractivity contribution is -0.319. The standard InChI is InChI=1S/C23H18F6O4/c1-2-20(30)32-14-22(26,27)23(28,29)21(24,25)10-11-31-17-9-8-16-12-18(33-19(16)13-17)15-6-4-3-5-7-15/h2-9,12-13H,1,10-11,14H2. The number of carbonyl (C=O) groups is 1. The van der Waals surface area contributed by atoms with Gasteiger partial charge in [-0.15, -0.1) is 0 Å². The highest BCUT2D eigenvalue weighted by atomic mass is 19.3. The topological polar surface area (TPSA) is 48.7 Å². The minimum Gasteiger partial charge on any atom is -0.493 e. The van der Waals surface area contributed by atoms with Crippen LogP contribution < -0.4 is 4.74 Å². The zero-order valence-electron chi connectivity index (χ0n) is 17.0. The van der Waals surface area contributed by atoms with Crippen LogP contribution in [0.2, 0.25) is 0 Å². The molecular weight excluding hydrogens is 454 g/mol.